The van der Waals surface area contributed by atoms with Crippen molar-refractivity contribution in [3.8, 4) is 5.75 Å². The lowest BCUT2D eigenvalue weighted by Crippen LogP contribution is -1.98. The quantitative estimate of drug-likeness (QED) is 0.432. The van der Waals surface area contributed by atoms with Gasteiger partial charge in [-0.15, -0.1) is 0 Å². The van der Waals surface area contributed by atoms with Crippen molar-refractivity contribution in [1.82, 2.24) is 0 Å². The Morgan fingerprint density at radius 2 is 2.33 bits per heavy atom. The average Bonchev–Trinajstić information content (AvgIpc) is 2.26. The summed E-state index contributed by atoms with van der Waals surface area (Å²) in [5, 5.41) is 19.1. The summed E-state index contributed by atoms with van der Waals surface area (Å²) in [6.45, 7) is 2.32. The van der Waals surface area contributed by atoms with Crippen molar-refractivity contribution in [2.45, 2.75) is 13.3 Å². The number of nitrogens with zero attached hydrogens (tertiary/aromatic N) is 3. The molecule has 1 aromatic carbocycles. The lowest BCUT2D eigenvalue weighted by Gasteiger charge is -2.03. The maximum absolute atomic E-state index is 10.7. The number of nitro groups is 1. The predicted octanol–water partition coefficient (Wildman–Crippen LogP) is 2.87. The molecular formula is C9H10N3O3+. The van der Waals surface area contributed by atoms with Crippen LogP contribution in [0.5, 0.6) is 5.75 Å². The molecule has 0 fully saturated rings. The molecule has 0 amide bonds. The number of hydrogen-bond acceptors (Lipinski definition) is 4. The summed E-state index contributed by atoms with van der Waals surface area (Å²) in [7, 11) is 0. The highest BCUT2D eigenvalue weighted by Crippen LogP contribution is 2.31. The van der Waals surface area contributed by atoms with E-state index in [0.717, 1.165) is 12.5 Å². The van der Waals surface area contributed by atoms with Crippen molar-refractivity contribution in [3.63, 3.8) is 0 Å². The first-order valence-electron chi connectivity index (χ1n) is 4.45. The van der Waals surface area contributed by atoms with E-state index in [1.54, 1.807) is 0 Å². The number of nitro benzene ring substituents is 1. The highest BCUT2D eigenvalue weighted by molar-refractivity contribution is 5.58. The number of benzene rings is 1. The predicted molar refractivity (Wildman–Crippen MR) is 53.6 cm³/mol. The van der Waals surface area contributed by atoms with E-state index in [1.165, 1.54) is 12.1 Å². The van der Waals surface area contributed by atoms with E-state index in [1.807, 2.05) is 6.92 Å². The monoisotopic (exact) mass is 208 g/mol. The molecular weight excluding hydrogens is 198 g/mol. The Kier molecular flexibility index (Phi) is 3.57. The normalized spacial score (nSPS) is 9.33. The third-order valence-corrected chi connectivity index (χ3v) is 1.72. The molecule has 0 aliphatic rings. The van der Waals surface area contributed by atoms with Crippen LogP contribution in [0.4, 0.5) is 11.4 Å². The molecule has 0 N–H and O–H groups in total. The van der Waals surface area contributed by atoms with E-state index in [2.05, 4.69) is 4.98 Å². The Morgan fingerprint density at radius 3 is 2.87 bits per heavy atom. The van der Waals surface area contributed by atoms with Crippen molar-refractivity contribution in [1.29, 1.82) is 5.39 Å². The molecule has 0 radical (unpaired) electrons. The number of hydrogen-bond donors (Lipinski definition) is 0. The van der Waals surface area contributed by atoms with E-state index in [0.29, 0.717) is 6.61 Å². The number of ether oxygens (including phenoxy) is 1. The van der Waals surface area contributed by atoms with Gasteiger partial charge in [0, 0.05) is 6.07 Å². The van der Waals surface area contributed by atoms with Gasteiger partial charge in [-0.3, -0.25) is 10.1 Å². The molecule has 0 saturated heterocycles. The Labute approximate surface area is 86.3 Å². The summed E-state index contributed by atoms with van der Waals surface area (Å²) in [6.07, 6.45) is 0.767. The summed E-state index contributed by atoms with van der Waals surface area (Å²) in [6, 6.07) is 4.02. The fourth-order valence-corrected chi connectivity index (χ4v) is 1.04. The van der Waals surface area contributed by atoms with Gasteiger partial charge in [0.15, 0.2) is 10.7 Å². The van der Waals surface area contributed by atoms with E-state index >= 15 is 0 Å². The standard InChI is InChI=1S/C9H10N3O3/c1-2-5-15-9-4-3-7(11-10)6-8(9)12(13)14/h3-4,6H,2,5H2,1H3/q+1. The topological polar surface area (TPSA) is 80.5 Å². The van der Waals surface area contributed by atoms with E-state index in [4.69, 9.17) is 10.1 Å². The minimum atomic E-state index is -0.570. The van der Waals surface area contributed by atoms with Crippen LogP contribution in [-0.2, 0) is 0 Å². The van der Waals surface area contributed by atoms with Crippen LogP contribution in [0, 0.1) is 15.5 Å². The van der Waals surface area contributed by atoms with Gasteiger partial charge in [0.2, 0.25) is 5.39 Å². The number of rotatable bonds is 4. The second-order valence-corrected chi connectivity index (χ2v) is 2.86. The minimum absolute atomic E-state index is 0.130. The van der Waals surface area contributed by atoms with Crippen molar-refractivity contribution in [3.05, 3.63) is 33.3 Å². The molecule has 0 aliphatic carbocycles. The number of diazo groups is 1. The summed E-state index contributed by atoms with van der Waals surface area (Å²) >= 11 is 0. The lowest BCUT2D eigenvalue weighted by atomic mass is 10.2. The third kappa shape index (κ3) is 2.64. The first kappa shape index (κ1) is 10.9. The molecule has 1 rings (SSSR count). The van der Waals surface area contributed by atoms with Gasteiger partial charge in [-0.2, -0.15) is 0 Å². The van der Waals surface area contributed by atoms with Gasteiger partial charge < -0.3 is 4.74 Å². The van der Waals surface area contributed by atoms with Gasteiger partial charge >= 0.3 is 11.4 Å². The van der Waals surface area contributed by atoms with Gasteiger partial charge in [0.1, 0.15) is 6.07 Å². The Morgan fingerprint density at radius 1 is 1.60 bits per heavy atom. The first-order chi connectivity index (χ1) is 7.19. The summed E-state index contributed by atoms with van der Waals surface area (Å²) in [5.41, 5.74) is -0.0655. The van der Waals surface area contributed by atoms with Crippen LogP contribution in [0.25, 0.3) is 4.98 Å². The Balaban J connectivity index is 3.05. The SMILES string of the molecule is CCCOc1ccc([N+]#N)cc1[N+](=O)[O-]. The molecule has 0 atom stereocenters. The van der Waals surface area contributed by atoms with E-state index < -0.39 is 4.92 Å². The van der Waals surface area contributed by atoms with Gasteiger partial charge in [-0.1, -0.05) is 6.92 Å². The summed E-state index contributed by atoms with van der Waals surface area (Å²) in [5.74, 6) is 0.189. The average molecular weight is 208 g/mol. The van der Waals surface area contributed by atoms with Crippen LogP contribution in [0.1, 0.15) is 13.3 Å². The van der Waals surface area contributed by atoms with Gasteiger partial charge in [0.05, 0.1) is 11.5 Å². The molecule has 0 saturated carbocycles. The van der Waals surface area contributed by atoms with Crippen LogP contribution in [0.2, 0.25) is 0 Å². The second-order valence-electron chi connectivity index (χ2n) is 2.86. The minimum Gasteiger partial charge on any atom is -0.487 e. The zero-order valence-corrected chi connectivity index (χ0v) is 8.21. The largest absolute Gasteiger partial charge is 0.487 e. The third-order valence-electron chi connectivity index (χ3n) is 1.72. The van der Waals surface area contributed by atoms with Crippen LogP contribution < -0.4 is 4.74 Å². The van der Waals surface area contributed by atoms with E-state index in [9.17, 15) is 10.1 Å². The molecule has 1 aromatic rings. The molecule has 15 heavy (non-hydrogen) atoms. The maximum atomic E-state index is 10.7. The molecule has 6 nitrogen and oxygen atoms in total. The highest BCUT2D eigenvalue weighted by Gasteiger charge is 2.20. The molecule has 0 heterocycles. The summed E-state index contributed by atoms with van der Waals surface area (Å²) < 4.78 is 5.18. The van der Waals surface area contributed by atoms with E-state index in [-0.39, 0.29) is 17.1 Å². The smallest absolute Gasteiger partial charge is 0.392 e. The zero-order valence-electron chi connectivity index (χ0n) is 8.21. The lowest BCUT2D eigenvalue weighted by molar-refractivity contribution is -0.385. The van der Waals surface area contributed by atoms with Gasteiger partial charge in [-0.05, 0) is 12.5 Å². The molecule has 0 unspecified atom stereocenters. The Hall–Kier alpha value is -2.16. The van der Waals surface area contributed by atoms with Crippen molar-refractivity contribution < 1.29 is 9.66 Å². The van der Waals surface area contributed by atoms with Crippen LogP contribution in [-0.4, -0.2) is 11.5 Å². The molecule has 0 aliphatic heterocycles. The van der Waals surface area contributed by atoms with Crippen molar-refractivity contribution >= 4 is 11.4 Å². The zero-order chi connectivity index (χ0) is 11.3. The molecule has 0 spiro atoms. The first-order valence-corrected chi connectivity index (χ1v) is 4.45. The maximum Gasteiger partial charge on any atom is 0.392 e. The van der Waals surface area contributed by atoms with Crippen LogP contribution >= 0.6 is 0 Å². The molecule has 0 aromatic heterocycles. The highest BCUT2D eigenvalue weighted by atomic mass is 16.6. The summed E-state index contributed by atoms with van der Waals surface area (Å²) in [4.78, 5) is 13.0. The van der Waals surface area contributed by atoms with Crippen molar-refractivity contribution in [2.75, 3.05) is 6.61 Å². The fraction of sp³-hybridized carbons (Fsp3) is 0.333. The van der Waals surface area contributed by atoms with Crippen LogP contribution in [0.15, 0.2) is 18.2 Å². The molecule has 6 heteroatoms. The van der Waals surface area contributed by atoms with Crippen molar-refractivity contribution in [2.24, 2.45) is 0 Å². The van der Waals surface area contributed by atoms with Gasteiger partial charge in [0.25, 0.3) is 0 Å². The Bertz CT molecular complexity index is 412. The molecule has 78 valence electrons. The van der Waals surface area contributed by atoms with Gasteiger partial charge in [-0.25, -0.2) is 0 Å². The molecule has 0 bridgehead atoms. The second kappa shape index (κ2) is 4.91. The van der Waals surface area contributed by atoms with Crippen LogP contribution in [0.3, 0.4) is 0 Å². The fourth-order valence-electron chi connectivity index (χ4n) is 1.04.